The van der Waals surface area contributed by atoms with Gasteiger partial charge < -0.3 is 4.74 Å². The molecule has 10 heteroatoms. The minimum Gasteiger partial charge on any atom is -0.487 e. The Labute approximate surface area is 246 Å². The molecule has 0 aliphatic heterocycles. The van der Waals surface area contributed by atoms with Gasteiger partial charge >= 0.3 is 9.62 Å². The van der Waals surface area contributed by atoms with Gasteiger partial charge in [-0.15, -0.1) is 0 Å². The van der Waals surface area contributed by atoms with E-state index >= 15 is 0 Å². The second-order valence-electron chi connectivity index (χ2n) is 8.45. The largest absolute Gasteiger partial charge is 0.487 e. The third-order valence-electron chi connectivity index (χ3n) is 5.65. The van der Waals surface area contributed by atoms with Gasteiger partial charge in [-0.3, -0.25) is 9.97 Å². The Kier molecular flexibility index (Phi) is 8.19. The maximum Gasteiger partial charge on any atom is 0.348 e. The fourth-order valence-electron chi connectivity index (χ4n) is 3.78. The Bertz CT molecular complexity index is 1760. The Balaban J connectivity index is 1.51. The van der Waals surface area contributed by atoms with E-state index in [2.05, 4.69) is 31.8 Å². The zero-order valence-corrected chi connectivity index (χ0v) is 23.5. The van der Waals surface area contributed by atoms with Gasteiger partial charge in [-0.05, 0) is 54.6 Å². The number of aromatic amines is 1. The lowest BCUT2D eigenvalue weighted by Crippen LogP contribution is -2.16. The molecule has 0 aliphatic rings. The van der Waals surface area contributed by atoms with Crippen molar-refractivity contribution in [1.82, 2.24) is 19.9 Å². The number of nitrogens with one attached hydrogen (secondary N) is 1. The number of aromatic nitrogens is 4. The van der Waals surface area contributed by atoms with E-state index in [4.69, 9.17) is 16.3 Å². The number of nitrogens with zero attached hydrogens (tertiary/aromatic N) is 3. The lowest BCUT2D eigenvalue weighted by Gasteiger charge is -2.18. The van der Waals surface area contributed by atoms with Gasteiger partial charge in [0.05, 0.1) is 16.3 Å². The number of hydrogen-bond acceptors (Lipinski definition) is 5. The molecular formula is C30H18ClF2IN4O2. The van der Waals surface area contributed by atoms with Crippen LogP contribution in [0.5, 0.6) is 5.75 Å². The van der Waals surface area contributed by atoms with Crippen LogP contribution >= 0.6 is 34.2 Å². The molecule has 0 amide bonds. The molecule has 0 saturated heterocycles. The average Bonchev–Trinajstić information content (AvgIpc) is 2.95. The fourth-order valence-corrected chi connectivity index (χ4v) is 4.34. The summed E-state index contributed by atoms with van der Waals surface area (Å²) >= 11 is 6.93. The Hall–Kier alpha value is -4.14. The molecule has 0 radical (unpaired) electrons. The highest BCUT2D eigenvalue weighted by atomic mass is 127. The topological polar surface area (TPSA) is 80.8 Å². The first-order valence-electron chi connectivity index (χ1n) is 11.9. The first-order chi connectivity index (χ1) is 19.3. The van der Waals surface area contributed by atoms with Gasteiger partial charge in [0.1, 0.15) is 18.2 Å². The predicted octanol–water partition coefficient (Wildman–Crippen LogP) is 7.01. The van der Waals surface area contributed by atoms with Gasteiger partial charge in [-0.2, -0.15) is 13.8 Å². The van der Waals surface area contributed by atoms with Crippen LogP contribution in [0.1, 0.15) is 22.4 Å². The minimum absolute atomic E-state index is 0.0198. The normalized spacial score (nSPS) is 11.0. The van der Waals surface area contributed by atoms with Crippen LogP contribution in [0.15, 0.2) is 95.9 Å². The second kappa shape index (κ2) is 11.9. The fraction of sp³-hybridized carbons (Fsp3) is 0.0667. The quantitative estimate of drug-likeness (QED) is 0.120. The third-order valence-corrected chi connectivity index (χ3v) is 6.46. The first-order valence-corrected chi connectivity index (χ1v) is 13.3. The predicted molar refractivity (Wildman–Crippen MR) is 157 cm³/mol. The summed E-state index contributed by atoms with van der Waals surface area (Å²) in [5.41, 5.74) is 1.51. The molecule has 0 unspecified atom stereocenters. The molecule has 6 nitrogen and oxygen atoms in total. The number of H-pyrrole nitrogens is 1. The minimum atomic E-state index is -3.29. The number of rotatable bonds is 6. The van der Waals surface area contributed by atoms with E-state index in [0.29, 0.717) is 16.3 Å². The Morgan fingerprint density at radius 3 is 2.30 bits per heavy atom. The van der Waals surface area contributed by atoms with Crippen molar-refractivity contribution in [2.45, 2.75) is 10.5 Å². The van der Waals surface area contributed by atoms with Crippen LogP contribution < -0.4 is 10.4 Å². The molecule has 1 N–H and O–H groups in total. The van der Waals surface area contributed by atoms with Gasteiger partial charge in [0, 0.05) is 51.0 Å². The molecule has 3 aromatic carbocycles. The summed E-state index contributed by atoms with van der Waals surface area (Å²) < 4.78 is 32.0. The lowest BCUT2D eigenvalue weighted by atomic mass is 10.1. The first kappa shape index (κ1) is 27.4. The molecule has 0 aliphatic carbocycles. The molecule has 40 heavy (non-hydrogen) atoms. The van der Waals surface area contributed by atoms with Crippen LogP contribution in [0.3, 0.4) is 0 Å². The van der Waals surface area contributed by atoms with E-state index in [1.165, 1.54) is 24.4 Å². The third kappa shape index (κ3) is 6.70. The van der Waals surface area contributed by atoms with E-state index in [1.54, 1.807) is 36.4 Å². The molecule has 5 aromatic rings. The van der Waals surface area contributed by atoms with Gasteiger partial charge in [-0.25, -0.2) is 9.78 Å². The van der Waals surface area contributed by atoms with Crippen molar-refractivity contribution < 1.29 is 13.5 Å². The van der Waals surface area contributed by atoms with Crippen molar-refractivity contribution >= 4 is 34.2 Å². The van der Waals surface area contributed by atoms with Crippen molar-refractivity contribution in [2.75, 3.05) is 0 Å². The van der Waals surface area contributed by atoms with Crippen LogP contribution in [-0.4, -0.2) is 19.9 Å². The summed E-state index contributed by atoms with van der Waals surface area (Å²) in [5, 5.41) is 0.457. The van der Waals surface area contributed by atoms with Crippen molar-refractivity contribution in [2.24, 2.45) is 0 Å². The molecule has 2 aromatic heterocycles. The van der Waals surface area contributed by atoms with E-state index < -0.39 is 9.62 Å². The smallest absolute Gasteiger partial charge is 0.348 e. The van der Waals surface area contributed by atoms with Crippen molar-refractivity contribution in [1.29, 1.82) is 0 Å². The molecule has 0 spiro atoms. The highest BCUT2D eigenvalue weighted by Crippen LogP contribution is 2.44. The number of benzene rings is 3. The number of pyridine rings is 1. The molecule has 0 fully saturated rings. The monoisotopic (exact) mass is 666 g/mol. The van der Waals surface area contributed by atoms with Crippen LogP contribution in [0.25, 0.3) is 22.8 Å². The number of alkyl halides is 3. The van der Waals surface area contributed by atoms with Crippen molar-refractivity contribution in [3.63, 3.8) is 0 Å². The molecular weight excluding hydrogens is 649 g/mol. The van der Waals surface area contributed by atoms with Crippen LogP contribution in [0.4, 0.5) is 8.78 Å². The highest BCUT2D eigenvalue weighted by molar-refractivity contribution is 14.1. The van der Waals surface area contributed by atoms with Gasteiger partial charge in [0.2, 0.25) is 0 Å². The summed E-state index contributed by atoms with van der Waals surface area (Å²) in [7, 11) is 0. The van der Waals surface area contributed by atoms with Crippen LogP contribution in [-0.2, 0) is 10.5 Å². The molecule has 0 atom stereocenters. The van der Waals surface area contributed by atoms with Crippen LogP contribution in [0.2, 0.25) is 5.02 Å². The van der Waals surface area contributed by atoms with Crippen molar-refractivity contribution in [3.8, 4) is 40.4 Å². The summed E-state index contributed by atoms with van der Waals surface area (Å²) in [4.78, 5) is 27.7. The van der Waals surface area contributed by atoms with Gasteiger partial charge in [0.25, 0.3) is 0 Å². The maximum atomic E-state index is 14.7. The SMILES string of the molecule is O=c1nc(-c2ccc(C#Cc3ccccc3)cc2)nc(-c2c(OCc3ccc(Cl)cn3)cccc2C(F)(F)I)[nH]1. The number of ether oxygens (including phenoxy) is 1. The van der Waals surface area contributed by atoms with Gasteiger partial charge in [0.15, 0.2) is 5.82 Å². The van der Waals surface area contributed by atoms with E-state index in [0.717, 1.165) is 33.7 Å². The Morgan fingerprint density at radius 1 is 0.900 bits per heavy atom. The number of halogens is 4. The molecule has 2 heterocycles. The molecule has 5 rings (SSSR count). The van der Waals surface area contributed by atoms with E-state index in [9.17, 15) is 13.6 Å². The second-order valence-corrected chi connectivity index (χ2v) is 10.2. The molecule has 198 valence electrons. The summed E-state index contributed by atoms with van der Waals surface area (Å²) in [6.45, 7) is -0.0198. The zero-order valence-electron chi connectivity index (χ0n) is 20.5. The highest BCUT2D eigenvalue weighted by Gasteiger charge is 2.33. The number of hydrogen-bond donors (Lipinski definition) is 1. The summed E-state index contributed by atoms with van der Waals surface area (Å²) in [5.74, 6) is 6.22. The van der Waals surface area contributed by atoms with Crippen LogP contribution in [0, 0.1) is 11.8 Å². The molecule has 0 bridgehead atoms. The zero-order chi connectivity index (χ0) is 28.1. The summed E-state index contributed by atoms with van der Waals surface area (Å²) in [6.07, 6.45) is 1.46. The standard InChI is InChI=1S/C30H18ClF2IN4O2/c31-22-15-16-23(35-17-22)18-40-25-8-4-7-24(30(32,33)34)26(25)28-36-27(37-29(39)38-28)21-13-11-20(12-14-21)10-9-19-5-2-1-3-6-19/h1-8,11-17H,18H2,(H,36,37,38,39). The van der Waals surface area contributed by atoms with E-state index in [1.807, 2.05) is 30.3 Å². The summed E-state index contributed by atoms with van der Waals surface area (Å²) in [6, 6.07) is 24.1. The maximum absolute atomic E-state index is 14.7. The van der Waals surface area contributed by atoms with Gasteiger partial charge in [-0.1, -0.05) is 53.8 Å². The van der Waals surface area contributed by atoms with E-state index in [-0.39, 0.29) is 35.1 Å². The average molecular weight is 667 g/mol. The lowest BCUT2D eigenvalue weighted by molar-refractivity contribution is 0.127. The Morgan fingerprint density at radius 2 is 1.62 bits per heavy atom. The van der Waals surface area contributed by atoms with Crippen molar-refractivity contribution in [3.05, 3.63) is 129 Å². The molecule has 0 saturated carbocycles.